The number of carbonyl (C=O) groups is 1. The Morgan fingerprint density at radius 2 is 2.05 bits per heavy atom. The highest BCUT2D eigenvalue weighted by Crippen LogP contribution is 2.31. The summed E-state index contributed by atoms with van der Waals surface area (Å²) in [4.78, 5) is 20.2. The fourth-order valence-corrected chi connectivity index (χ4v) is 4.65. The topological polar surface area (TPSA) is 42.0 Å². The normalized spacial score (nSPS) is 10.8. The molecule has 3 aromatic rings. The van der Waals surface area contributed by atoms with Crippen LogP contribution in [0.1, 0.15) is 14.8 Å². The molecule has 0 spiro atoms. The van der Waals surface area contributed by atoms with Crippen molar-refractivity contribution in [3.63, 3.8) is 0 Å². The second-order valence-corrected chi connectivity index (χ2v) is 8.11. The van der Waals surface area contributed by atoms with E-state index in [1.165, 1.54) is 4.88 Å². The molecule has 3 aromatic heterocycles. The summed E-state index contributed by atoms with van der Waals surface area (Å²) < 4.78 is 0. The lowest BCUT2D eigenvalue weighted by Gasteiger charge is -2.04. The van der Waals surface area contributed by atoms with Gasteiger partial charge in [-0.3, -0.25) is 4.79 Å². The number of hydrogen-bond donors (Lipinski definition) is 1. The van der Waals surface area contributed by atoms with Crippen LogP contribution in [0.2, 0.25) is 0 Å². The lowest BCUT2D eigenvalue weighted by atomic mass is 10.2. The van der Waals surface area contributed by atoms with Crippen molar-refractivity contribution in [3.05, 3.63) is 49.8 Å². The summed E-state index contributed by atoms with van der Waals surface area (Å²) in [6, 6.07) is 8.20. The van der Waals surface area contributed by atoms with E-state index >= 15 is 0 Å². The number of rotatable bonds is 6. The second-order valence-electron chi connectivity index (χ2n) is 4.84. The van der Waals surface area contributed by atoms with Crippen molar-refractivity contribution in [1.29, 1.82) is 0 Å². The molecule has 22 heavy (non-hydrogen) atoms. The van der Waals surface area contributed by atoms with Crippen LogP contribution in [0.3, 0.4) is 0 Å². The third-order valence-electron chi connectivity index (χ3n) is 3.15. The molecule has 0 radical (unpaired) electrons. The van der Waals surface area contributed by atoms with Gasteiger partial charge in [-0.1, -0.05) is 12.1 Å². The smallest absolute Gasteiger partial charge is 0.225 e. The molecule has 0 atom stereocenters. The van der Waals surface area contributed by atoms with Crippen molar-refractivity contribution in [2.75, 3.05) is 6.54 Å². The predicted molar refractivity (Wildman–Crippen MR) is 94.9 cm³/mol. The van der Waals surface area contributed by atoms with E-state index < -0.39 is 0 Å². The van der Waals surface area contributed by atoms with Gasteiger partial charge in [0.15, 0.2) is 0 Å². The first-order valence-corrected chi connectivity index (χ1v) is 9.59. The maximum absolute atomic E-state index is 12.1. The third-order valence-corrected chi connectivity index (χ3v) is 5.94. The van der Waals surface area contributed by atoms with Crippen molar-refractivity contribution < 1.29 is 4.79 Å². The molecular formula is C16H16N2OS3. The van der Waals surface area contributed by atoms with Crippen molar-refractivity contribution in [2.45, 2.75) is 19.8 Å². The lowest BCUT2D eigenvalue weighted by molar-refractivity contribution is -0.120. The fraction of sp³-hybridized carbons (Fsp3) is 0.250. The molecule has 0 aliphatic rings. The molecule has 114 valence electrons. The minimum atomic E-state index is 0.0676. The number of thiophene rings is 2. The minimum absolute atomic E-state index is 0.0676. The second kappa shape index (κ2) is 7.17. The maximum atomic E-state index is 12.1. The molecule has 1 amide bonds. The number of aryl methyl sites for hydroxylation is 1. The molecule has 3 rings (SSSR count). The van der Waals surface area contributed by atoms with Crippen molar-refractivity contribution in [3.8, 4) is 10.6 Å². The standard InChI is InChI=1S/C16H16N2OS3/c1-11-18-16(13-5-3-9-21-13)14(22-11)10-15(19)17-7-6-12-4-2-8-20-12/h2-5,8-9H,6-7,10H2,1H3,(H,17,19). The van der Waals surface area contributed by atoms with Gasteiger partial charge >= 0.3 is 0 Å². The number of aromatic nitrogens is 1. The van der Waals surface area contributed by atoms with Crippen molar-refractivity contribution in [1.82, 2.24) is 10.3 Å². The van der Waals surface area contributed by atoms with Crippen molar-refractivity contribution in [2.24, 2.45) is 0 Å². The van der Waals surface area contributed by atoms with Gasteiger partial charge in [0.25, 0.3) is 0 Å². The van der Waals surface area contributed by atoms with Crippen LogP contribution in [-0.4, -0.2) is 17.4 Å². The predicted octanol–water partition coefficient (Wildman–Crippen LogP) is 4.14. The van der Waals surface area contributed by atoms with Crippen LogP contribution in [0.25, 0.3) is 10.6 Å². The quantitative estimate of drug-likeness (QED) is 0.727. The molecule has 3 nitrogen and oxygen atoms in total. The molecule has 1 N–H and O–H groups in total. The van der Waals surface area contributed by atoms with E-state index in [4.69, 9.17) is 0 Å². The minimum Gasteiger partial charge on any atom is -0.355 e. The van der Waals surface area contributed by atoms with E-state index in [-0.39, 0.29) is 5.91 Å². The van der Waals surface area contributed by atoms with Gasteiger partial charge in [-0.25, -0.2) is 4.98 Å². The van der Waals surface area contributed by atoms with Gasteiger partial charge in [0, 0.05) is 16.3 Å². The third kappa shape index (κ3) is 3.82. The first-order chi connectivity index (χ1) is 10.7. The molecule has 0 saturated heterocycles. The number of thiazole rings is 1. The number of amides is 1. The maximum Gasteiger partial charge on any atom is 0.225 e. The Labute approximate surface area is 141 Å². The highest BCUT2D eigenvalue weighted by molar-refractivity contribution is 7.15. The number of nitrogens with one attached hydrogen (secondary N) is 1. The van der Waals surface area contributed by atoms with Crippen LogP contribution in [0.5, 0.6) is 0 Å². The lowest BCUT2D eigenvalue weighted by Crippen LogP contribution is -2.26. The van der Waals surface area contributed by atoms with Crippen LogP contribution in [0.4, 0.5) is 0 Å². The monoisotopic (exact) mass is 348 g/mol. The fourth-order valence-electron chi connectivity index (χ4n) is 2.18. The van der Waals surface area contributed by atoms with Gasteiger partial charge in [0.2, 0.25) is 5.91 Å². The Morgan fingerprint density at radius 1 is 1.23 bits per heavy atom. The van der Waals surface area contributed by atoms with Crippen LogP contribution >= 0.6 is 34.0 Å². The number of nitrogens with zero attached hydrogens (tertiary/aromatic N) is 1. The van der Waals surface area contributed by atoms with Gasteiger partial charge in [-0.2, -0.15) is 0 Å². The largest absolute Gasteiger partial charge is 0.355 e. The van der Waals surface area contributed by atoms with Gasteiger partial charge in [0.1, 0.15) is 0 Å². The van der Waals surface area contributed by atoms with Crippen LogP contribution in [0, 0.1) is 6.92 Å². The first-order valence-electron chi connectivity index (χ1n) is 7.01. The molecule has 6 heteroatoms. The van der Waals surface area contributed by atoms with Gasteiger partial charge in [0.05, 0.1) is 22.0 Å². The Morgan fingerprint density at radius 3 is 2.77 bits per heavy atom. The van der Waals surface area contributed by atoms with Crippen molar-refractivity contribution >= 4 is 39.9 Å². The summed E-state index contributed by atoms with van der Waals surface area (Å²) in [5.74, 6) is 0.0676. The molecular weight excluding hydrogens is 332 g/mol. The molecule has 0 bridgehead atoms. The zero-order valence-electron chi connectivity index (χ0n) is 12.2. The zero-order valence-corrected chi connectivity index (χ0v) is 14.6. The Balaban J connectivity index is 1.59. The average molecular weight is 349 g/mol. The van der Waals surface area contributed by atoms with Crippen LogP contribution < -0.4 is 5.32 Å². The first kappa shape index (κ1) is 15.4. The van der Waals surface area contributed by atoms with E-state index in [0.29, 0.717) is 13.0 Å². The van der Waals surface area contributed by atoms with E-state index in [9.17, 15) is 4.79 Å². The SMILES string of the molecule is Cc1nc(-c2cccs2)c(CC(=O)NCCc2cccs2)s1. The summed E-state index contributed by atoms with van der Waals surface area (Å²) >= 11 is 4.99. The molecule has 0 aromatic carbocycles. The van der Waals surface area contributed by atoms with E-state index in [0.717, 1.165) is 26.9 Å². The zero-order chi connectivity index (χ0) is 15.4. The summed E-state index contributed by atoms with van der Waals surface area (Å²) in [5, 5.41) is 8.10. The van der Waals surface area contributed by atoms with E-state index in [1.54, 1.807) is 34.0 Å². The molecule has 0 aliphatic carbocycles. The van der Waals surface area contributed by atoms with Gasteiger partial charge in [-0.05, 0) is 36.2 Å². The Bertz CT molecular complexity index is 730. The van der Waals surface area contributed by atoms with Crippen LogP contribution in [0.15, 0.2) is 35.0 Å². The van der Waals surface area contributed by atoms with Gasteiger partial charge < -0.3 is 5.32 Å². The average Bonchev–Trinajstić information content (AvgIpc) is 3.20. The Kier molecular flexibility index (Phi) is 5.02. The highest BCUT2D eigenvalue weighted by atomic mass is 32.1. The molecule has 0 aliphatic heterocycles. The molecule has 0 unspecified atom stereocenters. The summed E-state index contributed by atoms with van der Waals surface area (Å²) in [5.41, 5.74) is 0.964. The summed E-state index contributed by atoms with van der Waals surface area (Å²) in [6.45, 7) is 2.67. The number of carbonyl (C=O) groups excluding carboxylic acids is 1. The van der Waals surface area contributed by atoms with Gasteiger partial charge in [-0.15, -0.1) is 34.0 Å². The molecule has 0 fully saturated rings. The number of hydrogen-bond acceptors (Lipinski definition) is 5. The molecule has 3 heterocycles. The van der Waals surface area contributed by atoms with E-state index in [1.807, 2.05) is 24.4 Å². The van der Waals surface area contributed by atoms with E-state index in [2.05, 4.69) is 27.8 Å². The summed E-state index contributed by atoms with van der Waals surface area (Å²) in [6.07, 6.45) is 1.30. The Hall–Kier alpha value is -1.50. The highest BCUT2D eigenvalue weighted by Gasteiger charge is 2.15. The van der Waals surface area contributed by atoms with Crippen LogP contribution in [-0.2, 0) is 17.6 Å². The summed E-state index contributed by atoms with van der Waals surface area (Å²) in [7, 11) is 0. The molecule has 0 saturated carbocycles.